The van der Waals surface area contributed by atoms with Gasteiger partial charge in [-0.15, -0.1) is 11.3 Å². The lowest BCUT2D eigenvalue weighted by atomic mass is 10.2. The number of hydrogen-bond donors (Lipinski definition) is 1. The molecule has 0 aromatic carbocycles. The predicted molar refractivity (Wildman–Crippen MR) is 78.1 cm³/mol. The van der Waals surface area contributed by atoms with Crippen LogP contribution in [0.25, 0.3) is 0 Å². The molecule has 2 aromatic heterocycles. The van der Waals surface area contributed by atoms with Crippen molar-refractivity contribution in [3.05, 3.63) is 28.0 Å². The summed E-state index contributed by atoms with van der Waals surface area (Å²) in [5.74, 6) is -0.151. The van der Waals surface area contributed by atoms with Crippen molar-refractivity contribution in [1.29, 1.82) is 0 Å². The minimum atomic E-state index is -0.151. The number of nitrogens with one attached hydrogen (secondary N) is 1. The van der Waals surface area contributed by atoms with Crippen molar-refractivity contribution in [3.8, 4) is 0 Å². The molecule has 0 spiro atoms. The Kier molecular flexibility index (Phi) is 3.31. The van der Waals surface area contributed by atoms with Crippen LogP contribution < -0.4 is 5.32 Å². The van der Waals surface area contributed by atoms with Crippen LogP contribution in [0, 0.1) is 6.92 Å². The molecule has 1 aliphatic rings. The fourth-order valence-corrected chi connectivity index (χ4v) is 3.49. The summed E-state index contributed by atoms with van der Waals surface area (Å²) >= 11 is 1.56. The third-order valence-corrected chi connectivity index (χ3v) is 4.48. The molecule has 1 aliphatic heterocycles. The number of anilines is 1. The number of nitrogens with zero attached hydrogens (tertiary/aromatic N) is 4. The topological polar surface area (TPSA) is 63.1 Å². The molecule has 0 unspecified atom stereocenters. The smallest absolute Gasteiger partial charge is 0.275 e. The van der Waals surface area contributed by atoms with Crippen LogP contribution in [0.4, 0.5) is 5.13 Å². The number of fused-ring (bicyclic) bond motifs is 1. The Morgan fingerprint density at radius 2 is 2.25 bits per heavy atom. The van der Waals surface area contributed by atoms with E-state index in [1.165, 1.54) is 4.88 Å². The zero-order valence-corrected chi connectivity index (χ0v) is 12.6. The summed E-state index contributed by atoms with van der Waals surface area (Å²) in [6.45, 7) is 3.81. The number of aryl methyl sites for hydroxylation is 2. The Morgan fingerprint density at radius 1 is 1.45 bits per heavy atom. The number of hydrogen-bond acceptors (Lipinski definition) is 5. The molecule has 7 heteroatoms. The molecule has 1 amide bonds. The first-order valence-corrected chi connectivity index (χ1v) is 7.33. The van der Waals surface area contributed by atoms with Crippen molar-refractivity contribution in [2.75, 3.05) is 18.9 Å². The van der Waals surface area contributed by atoms with Crippen molar-refractivity contribution in [2.24, 2.45) is 7.05 Å². The molecular formula is C13H17N5OS. The largest absolute Gasteiger partial charge is 0.301 e. The molecule has 106 valence electrons. The summed E-state index contributed by atoms with van der Waals surface area (Å²) in [5.41, 5.74) is 2.56. The maximum Gasteiger partial charge on any atom is 0.275 e. The normalized spacial score (nSPS) is 15.2. The van der Waals surface area contributed by atoms with E-state index in [1.54, 1.807) is 29.3 Å². The van der Waals surface area contributed by atoms with E-state index in [9.17, 15) is 4.79 Å². The van der Waals surface area contributed by atoms with Crippen molar-refractivity contribution in [2.45, 2.75) is 19.9 Å². The van der Waals surface area contributed by atoms with Crippen LogP contribution in [-0.4, -0.2) is 39.2 Å². The van der Waals surface area contributed by atoms with Gasteiger partial charge in [0, 0.05) is 31.4 Å². The van der Waals surface area contributed by atoms with Gasteiger partial charge in [-0.25, -0.2) is 4.98 Å². The van der Waals surface area contributed by atoms with Gasteiger partial charge >= 0.3 is 0 Å². The second-order valence-corrected chi connectivity index (χ2v) is 6.21. The Labute approximate surface area is 121 Å². The van der Waals surface area contributed by atoms with Gasteiger partial charge in [0.05, 0.1) is 11.9 Å². The minimum Gasteiger partial charge on any atom is -0.301 e. The molecule has 0 aliphatic carbocycles. The first-order chi connectivity index (χ1) is 9.54. The molecule has 3 heterocycles. The number of thiazole rings is 1. The predicted octanol–water partition coefficient (Wildman–Crippen LogP) is 1.43. The zero-order chi connectivity index (χ0) is 14.3. The average molecular weight is 291 g/mol. The van der Waals surface area contributed by atoms with Crippen molar-refractivity contribution in [3.63, 3.8) is 0 Å². The second kappa shape index (κ2) is 4.99. The van der Waals surface area contributed by atoms with Crippen molar-refractivity contribution < 1.29 is 4.79 Å². The van der Waals surface area contributed by atoms with E-state index in [4.69, 9.17) is 0 Å². The molecule has 0 bridgehead atoms. The van der Waals surface area contributed by atoms with E-state index in [0.717, 1.165) is 30.8 Å². The SMILES string of the molecule is Cc1cnn(C)c1C(=O)Nc1nc2c(s1)CN(C)CC2. The van der Waals surface area contributed by atoms with Gasteiger partial charge in [0.25, 0.3) is 5.91 Å². The van der Waals surface area contributed by atoms with Gasteiger partial charge in [-0.2, -0.15) is 5.10 Å². The number of amides is 1. The van der Waals surface area contributed by atoms with Crippen LogP contribution in [0.3, 0.4) is 0 Å². The summed E-state index contributed by atoms with van der Waals surface area (Å²) in [7, 11) is 3.86. The molecule has 0 saturated heterocycles. The number of carbonyl (C=O) groups excluding carboxylic acids is 1. The summed E-state index contributed by atoms with van der Waals surface area (Å²) in [6, 6.07) is 0. The Bertz CT molecular complexity index is 640. The van der Waals surface area contributed by atoms with E-state index in [2.05, 4.69) is 27.3 Å². The summed E-state index contributed by atoms with van der Waals surface area (Å²) < 4.78 is 1.59. The highest BCUT2D eigenvalue weighted by Gasteiger charge is 2.21. The lowest BCUT2D eigenvalue weighted by Gasteiger charge is -2.20. The molecule has 6 nitrogen and oxygen atoms in total. The Hall–Kier alpha value is -1.73. The number of aromatic nitrogens is 3. The van der Waals surface area contributed by atoms with Crippen LogP contribution in [0.2, 0.25) is 0 Å². The number of rotatable bonds is 2. The molecule has 2 aromatic rings. The van der Waals surface area contributed by atoms with Gasteiger partial charge < -0.3 is 4.90 Å². The van der Waals surface area contributed by atoms with Gasteiger partial charge in [0.1, 0.15) is 5.69 Å². The molecule has 3 rings (SSSR count). The van der Waals surface area contributed by atoms with Crippen LogP contribution in [0.1, 0.15) is 26.6 Å². The van der Waals surface area contributed by atoms with Gasteiger partial charge in [0.2, 0.25) is 0 Å². The molecule has 1 N–H and O–H groups in total. The van der Waals surface area contributed by atoms with Crippen LogP contribution in [0.15, 0.2) is 6.20 Å². The highest BCUT2D eigenvalue weighted by molar-refractivity contribution is 7.15. The monoisotopic (exact) mass is 291 g/mol. The zero-order valence-electron chi connectivity index (χ0n) is 11.8. The maximum atomic E-state index is 12.3. The van der Waals surface area contributed by atoms with Gasteiger partial charge in [-0.05, 0) is 19.5 Å². The quantitative estimate of drug-likeness (QED) is 0.909. The lowest BCUT2D eigenvalue weighted by Crippen LogP contribution is -2.25. The highest BCUT2D eigenvalue weighted by Crippen LogP contribution is 2.28. The second-order valence-electron chi connectivity index (χ2n) is 5.13. The number of carbonyl (C=O) groups is 1. The first-order valence-electron chi connectivity index (χ1n) is 6.51. The standard InChI is InChI=1S/C13H17N5OS/c1-8-6-14-18(3)11(8)12(19)16-13-15-9-4-5-17(2)7-10(9)20-13/h6H,4-5,7H2,1-3H3,(H,15,16,19). The third-order valence-electron chi connectivity index (χ3n) is 3.48. The average Bonchev–Trinajstić information content (AvgIpc) is 2.92. The molecule has 20 heavy (non-hydrogen) atoms. The molecule has 0 atom stereocenters. The van der Waals surface area contributed by atoms with Crippen LogP contribution in [-0.2, 0) is 20.0 Å². The number of likely N-dealkylation sites (N-methyl/N-ethyl adjacent to an activating group) is 1. The van der Waals surface area contributed by atoms with Gasteiger partial charge in [0.15, 0.2) is 5.13 Å². The fourth-order valence-electron chi connectivity index (χ4n) is 2.41. The van der Waals surface area contributed by atoms with Gasteiger partial charge in [-0.3, -0.25) is 14.8 Å². The molecule has 0 saturated carbocycles. The van der Waals surface area contributed by atoms with Crippen LogP contribution in [0.5, 0.6) is 0 Å². The van der Waals surface area contributed by atoms with Crippen molar-refractivity contribution >= 4 is 22.4 Å². The van der Waals surface area contributed by atoms with Crippen molar-refractivity contribution in [1.82, 2.24) is 19.7 Å². The van der Waals surface area contributed by atoms with E-state index < -0.39 is 0 Å². The van der Waals surface area contributed by atoms with E-state index in [-0.39, 0.29) is 5.91 Å². The summed E-state index contributed by atoms with van der Waals surface area (Å²) in [6.07, 6.45) is 2.64. The maximum absolute atomic E-state index is 12.3. The van der Waals surface area contributed by atoms with E-state index >= 15 is 0 Å². The van der Waals surface area contributed by atoms with Crippen LogP contribution >= 0.6 is 11.3 Å². The fraction of sp³-hybridized carbons (Fsp3) is 0.462. The highest BCUT2D eigenvalue weighted by atomic mass is 32.1. The Morgan fingerprint density at radius 3 is 2.95 bits per heavy atom. The molecule has 0 fully saturated rings. The van der Waals surface area contributed by atoms with Gasteiger partial charge in [-0.1, -0.05) is 0 Å². The Balaban J connectivity index is 1.80. The first kappa shape index (κ1) is 13.3. The third kappa shape index (κ3) is 2.34. The summed E-state index contributed by atoms with van der Waals surface area (Å²) in [4.78, 5) is 20.3. The van der Waals surface area contributed by atoms with E-state index in [0.29, 0.717) is 10.8 Å². The summed E-state index contributed by atoms with van der Waals surface area (Å²) in [5, 5.41) is 7.65. The lowest BCUT2D eigenvalue weighted by molar-refractivity contribution is 0.101. The van der Waals surface area contributed by atoms with E-state index in [1.807, 2.05) is 6.92 Å². The minimum absolute atomic E-state index is 0.151. The molecular weight excluding hydrogens is 274 g/mol. The molecule has 0 radical (unpaired) electrons.